The summed E-state index contributed by atoms with van der Waals surface area (Å²) in [5.74, 6) is 0. The van der Waals surface area contributed by atoms with Gasteiger partial charge < -0.3 is 10.8 Å². The third-order valence-corrected chi connectivity index (χ3v) is 2.99. The Morgan fingerprint density at radius 3 is 2.64 bits per heavy atom. The molecule has 3 N–H and O–H groups in total. The molecule has 78 valence electrons. The van der Waals surface area contributed by atoms with Crippen LogP contribution in [0, 0.1) is 0 Å². The lowest BCUT2D eigenvalue weighted by Gasteiger charge is -2.23. The van der Waals surface area contributed by atoms with Gasteiger partial charge in [-0.15, -0.1) is 0 Å². The summed E-state index contributed by atoms with van der Waals surface area (Å²) in [5, 5.41) is 9.99. The van der Waals surface area contributed by atoms with Gasteiger partial charge in [0.25, 0.3) is 0 Å². The van der Waals surface area contributed by atoms with Crippen molar-refractivity contribution in [3.05, 3.63) is 34.3 Å². The summed E-state index contributed by atoms with van der Waals surface area (Å²) in [6.45, 7) is 2.33. The topological polar surface area (TPSA) is 46.2 Å². The molecule has 0 saturated carbocycles. The maximum atomic E-state index is 9.99. The monoisotopic (exact) mass is 257 g/mol. The molecule has 14 heavy (non-hydrogen) atoms. The number of rotatable bonds is 4. The molecule has 0 aromatic heterocycles. The van der Waals surface area contributed by atoms with E-state index in [2.05, 4.69) is 15.9 Å². The zero-order valence-electron chi connectivity index (χ0n) is 8.33. The van der Waals surface area contributed by atoms with Crippen molar-refractivity contribution in [2.75, 3.05) is 6.54 Å². The van der Waals surface area contributed by atoms with Crippen molar-refractivity contribution in [2.24, 2.45) is 5.73 Å². The van der Waals surface area contributed by atoms with E-state index in [0.717, 1.165) is 10.0 Å². The van der Waals surface area contributed by atoms with Crippen molar-refractivity contribution in [1.82, 2.24) is 0 Å². The van der Waals surface area contributed by atoms with Gasteiger partial charge in [-0.05, 0) is 31.5 Å². The summed E-state index contributed by atoms with van der Waals surface area (Å²) in [5.41, 5.74) is 5.84. The summed E-state index contributed by atoms with van der Waals surface area (Å²) in [6, 6.07) is 7.92. The SMILES string of the molecule is CC(O)(CCN)Cc1ccccc1Br. The number of halogens is 1. The van der Waals surface area contributed by atoms with Crippen molar-refractivity contribution in [3.63, 3.8) is 0 Å². The summed E-state index contributed by atoms with van der Waals surface area (Å²) < 4.78 is 1.04. The highest BCUT2D eigenvalue weighted by Gasteiger charge is 2.20. The van der Waals surface area contributed by atoms with Crippen LogP contribution in [0.5, 0.6) is 0 Å². The molecule has 0 radical (unpaired) electrons. The highest BCUT2D eigenvalue weighted by atomic mass is 79.9. The standard InChI is InChI=1S/C11H16BrNO/c1-11(14,6-7-13)8-9-4-2-3-5-10(9)12/h2-5,14H,6-8,13H2,1H3. The van der Waals surface area contributed by atoms with E-state index in [9.17, 15) is 5.11 Å². The fourth-order valence-corrected chi connectivity index (χ4v) is 1.88. The highest BCUT2D eigenvalue weighted by molar-refractivity contribution is 9.10. The molecule has 0 amide bonds. The number of aliphatic hydroxyl groups is 1. The molecule has 0 fully saturated rings. The molecule has 1 aromatic carbocycles. The Hall–Kier alpha value is -0.380. The first-order valence-corrected chi connectivity index (χ1v) is 5.50. The third-order valence-electron chi connectivity index (χ3n) is 2.21. The molecule has 0 heterocycles. The average molecular weight is 258 g/mol. The Kier molecular flexibility index (Phi) is 4.11. The van der Waals surface area contributed by atoms with Gasteiger partial charge in [-0.1, -0.05) is 34.1 Å². The Labute approximate surface area is 93.3 Å². The van der Waals surface area contributed by atoms with E-state index in [1.54, 1.807) is 0 Å². The molecule has 0 aliphatic carbocycles. The average Bonchev–Trinajstić information content (AvgIpc) is 2.08. The van der Waals surface area contributed by atoms with Crippen molar-refractivity contribution in [3.8, 4) is 0 Å². The van der Waals surface area contributed by atoms with Crippen molar-refractivity contribution < 1.29 is 5.11 Å². The molecule has 1 rings (SSSR count). The number of hydrogen-bond donors (Lipinski definition) is 2. The van der Waals surface area contributed by atoms with Gasteiger partial charge in [0.1, 0.15) is 0 Å². The third kappa shape index (κ3) is 3.40. The Morgan fingerprint density at radius 2 is 2.07 bits per heavy atom. The first kappa shape index (κ1) is 11.7. The van der Waals surface area contributed by atoms with Crippen LogP contribution in [-0.2, 0) is 6.42 Å². The van der Waals surface area contributed by atoms with Gasteiger partial charge in [-0.2, -0.15) is 0 Å². The van der Waals surface area contributed by atoms with Crippen LogP contribution in [0.1, 0.15) is 18.9 Å². The number of hydrogen-bond acceptors (Lipinski definition) is 2. The predicted molar refractivity (Wildman–Crippen MR) is 62.1 cm³/mol. The van der Waals surface area contributed by atoms with Gasteiger partial charge in [0.15, 0.2) is 0 Å². The zero-order chi connectivity index (χ0) is 10.6. The largest absolute Gasteiger partial charge is 0.390 e. The molecule has 0 aliphatic rings. The first-order valence-electron chi connectivity index (χ1n) is 4.71. The van der Waals surface area contributed by atoms with E-state index >= 15 is 0 Å². The van der Waals surface area contributed by atoms with Crippen LogP contribution in [0.3, 0.4) is 0 Å². The number of nitrogens with two attached hydrogens (primary N) is 1. The van der Waals surface area contributed by atoms with E-state index in [1.165, 1.54) is 0 Å². The van der Waals surface area contributed by atoms with E-state index in [1.807, 2.05) is 31.2 Å². The van der Waals surface area contributed by atoms with Crippen LogP contribution in [0.4, 0.5) is 0 Å². The molecule has 0 bridgehead atoms. The van der Waals surface area contributed by atoms with E-state index in [0.29, 0.717) is 19.4 Å². The summed E-state index contributed by atoms with van der Waals surface area (Å²) in [6.07, 6.45) is 1.25. The minimum atomic E-state index is -0.710. The van der Waals surface area contributed by atoms with Gasteiger partial charge in [0.2, 0.25) is 0 Å². The smallest absolute Gasteiger partial charge is 0.0672 e. The van der Waals surface area contributed by atoms with Crippen LogP contribution < -0.4 is 5.73 Å². The normalized spacial score (nSPS) is 15.1. The molecular weight excluding hydrogens is 242 g/mol. The molecular formula is C11H16BrNO. The summed E-state index contributed by atoms with van der Waals surface area (Å²) in [7, 11) is 0. The van der Waals surface area contributed by atoms with E-state index in [-0.39, 0.29) is 0 Å². The van der Waals surface area contributed by atoms with Crippen molar-refractivity contribution in [2.45, 2.75) is 25.4 Å². The minimum absolute atomic E-state index is 0.511. The maximum absolute atomic E-state index is 9.99. The van der Waals surface area contributed by atoms with Crippen LogP contribution in [0.15, 0.2) is 28.7 Å². The Bertz CT molecular complexity index is 299. The quantitative estimate of drug-likeness (QED) is 0.868. The summed E-state index contributed by atoms with van der Waals surface area (Å²) in [4.78, 5) is 0. The minimum Gasteiger partial charge on any atom is -0.390 e. The first-order chi connectivity index (χ1) is 6.55. The summed E-state index contributed by atoms with van der Waals surface area (Å²) >= 11 is 3.46. The second-order valence-corrected chi connectivity index (χ2v) is 4.66. The van der Waals surface area contributed by atoms with Crippen LogP contribution >= 0.6 is 15.9 Å². The lowest BCUT2D eigenvalue weighted by molar-refractivity contribution is 0.0537. The number of benzene rings is 1. The van der Waals surface area contributed by atoms with Gasteiger partial charge in [0, 0.05) is 10.9 Å². The molecule has 0 aliphatic heterocycles. The Morgan fingerprint density at radius 1 is 1.43 bits per heavy atom. The molecule has 3 heteroatoms. The molecule has 1 unspecified atom stereocenters. The van der Waals surface area contributed by atoms with Crippen molar-refractivity contribution >= 4 is 15.9 Å². The van der Waals surface area contributed by atoms with E-state index in [4.69, 9.17) is 5.73 Å². The van der Waals surface area contributed by atoms with Crippen LogP contribution in [0.2, 0.25) is 0 Å². The fourth-order valence-electron chi connectivity index (χ4n) is 1.45. The highest BCUT2D eigenvalue weighted by Crippen LogP contribution is 2.22. The second kappa shape index (κ2) is 4.91. The van der Waals surface area contributed by atoms with Crippen molar-refractivity contribution in [1.29, 1.82) is 0 Å². The predicted octanol–water partition coefficient (Wildman–Crippen LogP) is 2.09. The fraction of sp³-hybridized carbons (Fsp3) is 0.455. The molecule has 1 aromatic rings. The molecule has 0 saturated heterocycles. The lowest BCUT2D eigenvalue weighted by atomic mass is 9.93. The second-order valence-electron chi connectivity index (χ2n) is 3.80. The molecule has 1 atom stereocenters. The van der Waals surface area contributed by atoms with Crippen LogP contribution in [0.25, 0.3) is 0 Å². The zero-order valence-corrected chi connectivity index (χ0v) is 9.92. The van der Waals surface area contributed by atoms with Crippen LogP contribution in [-0.4, -0.2) is 17.3 Å². The van der Waals surface area contributed by atoms with Gasteiger partial charge in [0.05, 0.1) is 5.60 Å². The van der Waals surface area contributed by atoms with Gasteiger partial charge >= 0.3 is 0 Å². The molecule has 2 nitrogen and oxygen atoms in total. The van der Waals surface area contributed by atoms with E-state index < -0.39 is 5.60 Å². The molecule has 0 spiro atoms. The van der Waals surface area contributed by atoms with Gasteiger partial charge in [-0.3, -0.25) is 0 Å². The lowest BCUT2D eigenvalue weighted by Crippen LogP contribution is -2.30. The van der Waals surface area contributed by atoms with Gasteiger partial charge in [-0.25, -0.2) is 0 Å². The maximum Gasteiger partial charge on any atom is 0.0672 e. The Balaban J connectivity index is 2.73.